The van der Waals surface area contributed by atoms with Gasteiger partial charge < -0.3 is 10.6 Å². The molecule has 2 fully saturated rings. The third kappa shape index (κ3) is 2.51. The van der Waals surface area contributed by atoms with E-state index in [9.17, 15) is 9.59 Å². The number of carbonyl (C=O) groups is 1. The minimum atomic E-state index is -0.714. The molecular weight excluding hydrogens is 316 g/mol. The molecule has 2 saturated heterocycles. The van der Waals surface area contributed by atoms with E-state index >= 15 is 0 Å². The van der Waals surface area contributed by atoms with Gasteiger partial charge in [-0.25, -0.2) is 14.2 Å². The lowest BCUT2D eigenvalue weighted by molar-refractivity contribution is 0.250. The van der Waals surface area contributed by atoms with E-state index < -0.39 is 6.03 Å². The number of para-hydroxylation sites is 1. The van der Waals surface area contributed by atoms with Gasteiger partial charge in [-0.15, -0.1) is 0 Å². The Labute approximate surface area is 147 Å². The van der Waals surface area contributed by atoms with Crippen LogP contribution in [0.2, 0.25) is 0 Å². The first-order chi connectivity index (χ1) is 12.0. The lowest BCUT2D eigenvalue weighted by Crippen LogP contribution is -2.33. The molecule has 134 valence electrons. The van der Waals surface area contributed by atoms with E-state index in [2.05, 4.69) is 11.0 Å². The van der Waals surface area contributed by atoms with Gasteiger partial charge in [-0.05, 0) is 70.2 Å². The number of benzene rings is 1. The number of nitrogens with two attached hydrogens (primary N) is 1. The van der Waals surface area contributed by atoms with E-state index in [1.807, 2.05) is 26.0 Å². The average Bonchev–Trinajstić information content (AvgIpc) is 3.21. The quantitative estimate of drug-likeness (QED) is 0.930. The van der Waals surface area contributed by atoms with Crippen LogP contribution in [0.25, 0.3) is 11.0 Å². The molecule has 0 spiro atoms. The van der Waals surface area contributed by atoms with Crippen molar-refractivity contribution in [1.82, 2.24) is 14.0 Å². The Morgan fingerprint density at radius 3 is 2.80 bits per heavy atom. The molecule has 1 aromatic heterocycles. The molecule has 25 heavy (non-hydrogen) atoms. The van der Waals surface area contributed by atoms with Crippen LogP contribution in [0, 0.1) is 5.92 Å². The highest BCUT2D eigenvalue weighted by molar-refractivity contribution is 5.90. The summed E-state index contributed by atoms with van der Waals surface area (Å²) < 4.78 is 2.83. The summed E-state index contributed by atoms with van der Waals surface area (Å²) >= 11 is 0. The van der Waals surface area contributed by atoms with E-state index in [4.69, 9.17) is 5.73 Å². The van der Waals surface area contributed by atoms with Crippen molar-refractivity contribution in [3.63, 3.8) is 0 Å². The number of amides is 1. The smallest absolute Gasteiger partial charge is 0.337 e. The fourth-order valence-electron chi connectivity index (χ4n) is 4.91. The molecule has 2 aliphatic rings. The SMILES string of the molecule is CC(C)n1c(=O)n(C(N)=O)c2cccc(CC3CCN4CCCC34)c21. The molecule has 2 unspecified atom stereocenters. The van der Waals surface area contributed by atoms with Gasteiger partial charge in [0.25, 0.3) is 0 Å². The fourth-order valence-corrected chi connectivity index (χ4v) is 4.91. The van der Waals surface area contributed by atoms with Gasteiger partial charge in [0.15, 0.2) is 0 Å². The van der Waals surface area contributed by atoms with Crippen molar-refractivity contribution in [2.24, 2.45) is 11.7 Å². The zero-order valence-corrected chi connectivity index (χ0v) is 14.9. The van der Waals surface area contributed by atoms with Crippen molar-refractivity contribution >= 4 is 17.1 Å². The topological polar surface area (TPSA) is 73.3 Å². The van der Waals surface area contributed by atoms with Crippen molar-refractivity contribution in [1.29, 1.82) is 0 Å². The number of primary amides is 1. The van der Waals surface area contributed by atoms with Gasteiger partial charge in [0, 0.05) is 12.1 Å². The molecule has 6 nitrogen and oxygen atoms in total. The number of hydrogen-bond donors (Lipinski definition) is 1. The summed E-state index contributed by atoms with van der Waals surface area (Å²) in [4.78, 5) is 27.2. The number of hydrogen-bond acceptors (Lipinski definition) is 3. The summed E-state index contributed by atoms with van der Waals surface area (Å²) in [6.45, 7) is 6.35. The molecular formula is C19H26N4O2. The molecule has 0 aliphatic carbocycles. The number of nitrogens with zero attached hydrogens (tertiary/aromatic N) is 3. The molecule has 0 bridgehead atoms. The maximum Gasteiger partial charge on any atom is 0.337 e. The Hall–Kier alpha value is -2.08. The van der Waals surface area contributed by atoms with Gasteiger partial charge in [-0.1, -0.05) is 12.1 Å². The number of imidazole rings is 1. The Kier molecular flexibility index (Phi) is 3.95. The van der Waals surface area contributed by atoms with Crippen LogP contribution < -0.4 is 11.4 Å². The monoisotopic (exact) mass is 342 g/mol. The normalized spacial score (nSPS) is 23.6. The van der Waals surface area contributed by atoms with E-state index in [0.717, 1.165) is 22.1 Å². The lowest BCUT2D eigenvalue weighted by Gasteiger charge is -2.21. The second-order valence-corrected chi connectivity index (χ2v) is 7.70. The molecule has 2 aromatic rings. The molecule has 1 aromatic carbocycles. The third-order valence-corrected chi connectivity index (χ3v) is 5.94. The Bertz CT molecular complexity index is 879. The summed E-state index contributed by atoms with van der Waals surface area (Å²) in [6, 6.07) is 5.79. The van der Waals surface area contributed by atoms with Crippen molar-refractivity contribution in [2.45, 2.75) is 51.6 Å². The third-order valence-electron chi connectivity index (χ3n) is 5.94. The second kappa shape index (κ2) is 6.02. The average molecular weight is 342 g/mol. The van der Waals surface area contributed by atoms with Gasteiger partial charge in [-0.3, -0.25) is 4.57 Å². The van der Waals surface area contributed by atoms with E-state index in [1.54, 1.807) is 4.57 Å². The van der Waals surface area contributed by atoms with Gasteiger partial charge >= 0.3 is 11.7 Å². The van der Waals surface area contributed by atoms with E-state index in [0.29, 0.717) is 17.5 Å². The zero-order chi connectivity index (χ0) is 17.7. The molecule has 2 aliphatic heterocycles. The second-order valence-electron chi connectivity index (χ2n) is 7.70. The maximum atomic E-state index is 12.8. The standard InChI is InChI=1S/C19H26N4O2/c1-12(2)22-17-14(11-13-8-10-21-9-4-7-15(13)21)5-3-6-16(17)23(18(20)24)19(22)25/h3,5-6,12-13,15H,4,7-11H2,1-2H3,(H2,20,24). The zero-order valence-electron chi connectivity index (χ0n) is 14.9. The lowest BCUT2D eigenvalue weighted by atomic mass is 9.90. The molecule has 4 rings (SSSR count). The number of aromatic nitrogens is 2. The predicted octanol–water partition coefficient (Wildman–Crippen LogP) is 2.34. The first-order valence-corrected chi connectivity index (χ1v) is 9.27. The minimum absolute atomic E-state index is 0.0247. The van der Waals surface area contributed by atoms with Crippen molar-refractivity contribution < 1.29 is 4.79 Å². The molecule has 2 N–H and O–H groups in total. The number of carbonyl (C=O) groups excluding carboxylic acids is 1. The van der Waals surface area contributed by atoms with Crippen LogP contribution in [0.15, 0.2) is 23.0 Å². The summed E-state index contributed by atoms with van der Waals surface area (Å²) in [7, 11) is 0. The summed E-state index contributed by atoms with van der Waals surface area (Å²) in [5, 5.41) is 0. The van der Waals surface area contributed by atoms with Crippen LogP contribution in [0.3, 0.4) is 0 Å². The first kappa shape index (κ1) is 16.4. The molecule has 0 saturated carbocycles. The van der Waals surface area contributed by atoms with Crippen molar-refractivity contribution in [3.8, 4) is 0 Å². The van der Waals surface area contributed by atoms with Gasteiger partial charge in [0.2, 0.25) is 0 Å². The van der Waals surface area contributed by atoms with Crippen LogP contribution in [-0.2, 0) is 6.42 Å². The molecule has 6 heteroatoms. The highest BCUT2D eigenvalue weighted by Crippen LogP contribution is 2.36. The fraction of sp³-hybridized carbons (Fsp3) is 0.579. The van der Waals surface area contributed by atoms with Crippen LogP contribution in [0.4, 0.5) is 4.79 Å². The summed E-state index contributed by atoms with van der Waals surface area (Å²) in [5.41, 5.74) is 7.80. The Morgan fingerprint density at radius 2 is 2.08 bits per heavy atom. The molecule has 0 radical (unpaired) electrons. The van der Waals surface area contributed by atoms with Crippen LogP contribution in [0.5, 0.6) is 0 Å². The van der Waals surface area contributed by atoms with Crippen LogP contribution in [0.1, 0.15) is 44.7 Å². The van der Waals surface area contributed by atoms with E-state index in [1.165, 1.54) is 32.4 Å². The highest BCUT2D eigenvalue weighted by atomic mass is 16.2. The van der Waals surface area contributed by atoms with Gasteiger partial charge in [0.1, 0.15) is 0 Å². The van der Waals surface area contributed by atoms with Crippen LogP contribution >= 0.6 is 0 Å². The summed E-state index contributed by atoms with van der Waals surface area (Å²) in [5.74, 6) is 0.626. The van der Waals surface area contributed by atoms with Gasteiger partial charge in [-0.2, -0.15) is 0 Å². The highest BCUT2D eigenvalue weighted by Gasteiger charge is 2.37. The minimum Gasteiger partial charge on any atom is -0.351 e. The predicted molar refractivity (Wildman–Crippen MR) is 98.0 cm³/mol. The van der Waals surface area contributed by atoms with Crippen molar-refractivity contribution in [3.05, 3.63) is 34.2 Å². The maximum absolute atomic E-state index is 12.8. The molecule has 1 amide bonds. The van der Waals surface area contributed by atoms with Gasteiger partial charge in [0.05, 0.1) is 11.0 Å². The molecule has 3 heterocycles. The van der Waals surface area contributed by atoms with Crippen LogP contribution in [-0.4, -0.2) is 39.2 Å². The Morgan fingerprint density at radius 1 is 1.28 bits per heavy atom. The molecule has 2 atom stereocenters. The Balaban J connectivity index is 1.83. The number of fused-ring (bicyclic) bond motifs is 2. The number of rotatable bonds is 3. The van der Waals surface area contributed by atoms with Crippen molar-refractivity contribution in [2.75, 3.05) is 13.1 Å². The van der Waals surface area contributed by atoms with E-state index in [-0.39, 0.29) is 11.7 Å². The largest absolute Gasteiger partial charge is 0.351 e. The first-order valence-electron chi connectivity index (χ1n) is 9.27. The summed E-state index contributed by atoms with van der Waals surface area (Å²) in [6.07, 6.45) is 4.73.